The Morgan fingerprint density at radius 3 is 2.32 bits per heavy atom. The summed E-state index contributed by atoms with van der Waals surface area (Å²) >= 11 is 0. The minimum absolute atomic E-state index is 0.109. The Morgan fingerprint density at radius 2 is 1.79 bits per heavy atom. The Hall–Kier alpha value is -2.04. The summed E-state index contributed by atoms with van der Waals surface area (Å²) in [6.45, 7) is 7.56. The summed E-state index contributed by atoms with van der Waals surface area (Å²) in [5, 5.41) is 13.8. The second-order valence-electron chi connectivity index (χ2n) is 5.45. The van der Waals surface area contributed by atoms with E-state index in [1.165, 1.54) is 6.92 Å². The van der Waals surface area contributed by atoms with Gasteiger partial charge in [-0.3, -0.25) is 4.79 Å². The average Bonchev–Trinajstić information content (AvgIpc) is 2.27. The van der Waals surface area contributed by atoms with E-state index in [1.54, 1.807) is 6.07 Å². The lowest BCUT2D eigenvalue weighted by molar-refractivity contribution is -0.138. The first-order valence-electron chi connectivity index (χ1n) is 6.11. The van der Waals surface area contributed by atoms with Gasteiger partial charge in [0.15, 0.2) is 0 Å². The van der Waals surface area contributed by atoms with Crippen molar-refractivity contribution in [2.24, 2.45) is 0 Å². The lowest BCUT2D eigenvalue weighted by Gasteiger charge is -2.23. The molecule has 0 aliphatic rings. The molecule has 0 aliphatic carbocycles. The molecule has 0 aromatic heterocycles. The number of carbonyl (C=O) groups excluding carboxylic acids is 1. The number of nitrogens with one attached hydrogen (secondary N) is 2. The number of hydrogen-bond acceptors (Lipinski definition) is 2. The molecule has 5 nitrogen and oxygen atoms in total. The zero-order chi connectivity index (χ0) is 14.6. The minimum Gasteiger partial charge on any atom is -0.480 e. The third-order valence-electron chi connectivity index (χ3n) is 2.70. The number of aliphatic carboxylic acids is 1. The molecular formula is C14H20N2O3. The summed E-state index contributed by atoms with van der Waals surface area (Å²) in [5.74, 6) is -1.07. The topological polar surface area (TPSA) is 78.4 Å². The first kappa shape index (κ1) is 15.0. The monoisotopic (exact) mass is 264 g/mol. The number of rotatable bonds is 3. The molecule has 2 amide bonds. The van der Waals surface area contributed by atoms with Crippen molar-refractivity contribution in [2.45, 2.75) is 39.2 Å². The predicted octanol–water partition coefficient (Wildman–Crippen LogP) is 2.58. The van der Waals surface area contributed by atoms with Gasteiger partial charge < -0.3 is 15.7 Å². The van der Waals surface area contributed by atoms with Crippen molar-refractivity contribution in [1.82, 2.24) is 5.32 Å². The quantitative estimate of drug-likeness (QED) is 0.785. The van der Waals surface area contributed by atoms with Gasteiger partial charge in [0.1, 0.15) is 6.04 Å². The largest absolute Gasteiger partial charge is 0.480 e. The molecule has 1 rings (SSSR count). The summed E-state index contributed by atoms with van der Waals surface area (Å²) in [5.41, 5.74) is 1.57. The molecule has 0 heterocycles. The van der Waals surface area contributed by atoms with Crippen LogP contribution in [0, 0.1) is 0 Å². The highest BCUT2D eigenvalue weighted by Crippen LogP contribution is 2.29. The normalized spacial score (nSPS) is 12.6. The van der Waals surface area contributed by atoms with E-state index in [0.29, 0.717) is 5.69 Å². The van der Waals surface area contributed by atoms with E-state index in [0.717, 1.165) is 5.56 Å². The van der Waals surface area contributed by atoms with Gasteiger partial charge in [0, 0.05) is 5.69 Å². The maximum atomic E-state index is 11.7. The standard InChI is InChI=1S/C14H20N2O3/c1-9(12(17)18)15-13(19)16-11-8-6-5-7-10(11)14(2,3)4/h5-9H,1-4H3,(H,17,18)(H2,15,16,19)/t9-/m0/s1. The lowest BCUT2D eigenvalue weighted by Crippen LogP contribution is -2.41. The number of hydrogen-bond donors (Lipinski definition) is 3. The molecule has 0 spiro atoms. The van der Waals surface area contributed by atoms with E-state index < -0.39 is 18.0 Å². The van der Waals surface area contributed by atoms with E-state index in [-0.39, 0.29) is 5.41 Å². The predicted molar refractivity (Wildman–Crippen MR) is 74.4 cm³/mol. The van der Waals surface area contributed by atoms with Crippen LogP contribution >= 0.6 is 0 Å². The number of urea groups is 1. The second kappa shape index (κ2) is 5.73. The van der Waals surface area contributed by atoms with Crippen molar-refractivity contribution < 1.29 is 14.7 Å². The Morgan fingerprint density at radius 1 is 1.21 bits per heavy atom. The number of carbonyl (C=O) groups is 2. The third-order valence-corrected chi connectivity index (χ3v) is 2.70. The van der Waals surface area contributed by atoms with Crippen LogP contribution in [0.1, 0.15) is 33.3 Å². The van der Waals surface area contributed by atoms with Crippen LogP contribution < -0.4 is 10.6 Å². The molecule has 1 atom stereocenters. The fraction of sp³-hybridized carbons (Fsp3) is 0.429. The molecule has 19 heavy (non-hydrogen) atoms. The zero-order valence-electron chi connectivity index (χ0n) is 11.7. The van der Waals surface area contributed by atoms with Gasteiger partial charge in [0.2, 0.25) is 0 Å². The van der Waals surface area contributed by atoms with Crippen molar-refractivity contribution in [3.05, 3.63) is 29.8 Å². The van der Waals surface area contributed by atoms with Crippen molar-refractivity contribution in [3.63, 3.8) is 0 Å². The maximum Gasteiger partial charge on any atom is 0.325 e. The summed E-state index contributed by atoms with van der Waals surface area (Å²) in [6, 6.07) is 6.02. The number of amides is 2. The molecule has 104 valence electrons. The van der Waals surface area contributed by atoms with Crippen LogP contribution in [0.3, 0.4) is 0 Å². The van der Waals surface area contributed by atoms with Crippen molar-refractivity contribution >= 4 is 17.7 Å². The molecule has 1 aromatic carbocycles. The molecule has 0 saturated heterocycles. The van der Waals surface area contributed by atoms with Crippen molar-refractivity contribution in [2.75, 3.05) is 5.32 Å². The highest BCUT2D eigenvalue weighted by atomic mass is 16.4. The van der Waals surface area contributed by atoms with Gasteiger partial charge in [-0.15, -0.1) is 0 Å². The van der Waals surface area contributed by atoms with Crippen LogP contribution in [0.5, 0.6) is 0 Å². The molecule has 0 fully saturated rings. The van der Waals surface area contributed by atoms with Gasteiger partial charge in [0.25, 0.3) is 0 Å². The van der Waals surface area contributed by atoms with Gasteiger partial charge >= 0.3 is 12.0 Å². The molecule has 5 heteroatoms. The fourth-order valence-electron chi connectivity index (χ4n) is 1.66. The molecule has 3 N–H and O–H groups in total. The van der Waals surface area contributed by atoms with Crippen LogP contribution in [0.4, 0.5) is 10.5 Å². The van der Waals surface area contributed by atoms with Crippen LogP contribution in [-0.2, 0) is 10.2 Å². The highest BCUT2D eigenvalue weighted by Gasteiger charge is 2.19. The van der Waals surface area contributed by atoms with Gasteiger partial charge in [-0.2, -0.15) is 0 Å². The van der Waals surface area contributed by atoms with Crippen molar-refractivity contribution in [3.8, 4) is 0 Å². The van der Waals surface area contributed by atoms with Crippen LogP contribution in [0.2, 0.25) is 0 Å². The Kier molecular flexibility index (Phi) is 4.53. The average molecular weight is 264 g/mol. The minimum atomic E-state index is -1.07. The summed E-state index contributed by atoms with van der Waals surface area (Å²) in [4.78, 5) is 22.4. The molecule has 0 radical (unpaired) electrons. The molecule has 0 aliphatic heterocycles. The molecular weight excluding hydrogens is 244 g/mol. The van der Waals surface area contributed by atoms with E-state index in [1.807, 2.05) is 39.0 Å². The fourth-order valence-corrected chi connectivity index (χ4v) is 1.66. The number of carboxylic acids is 1. The van der Waals surface area contributed by atoms with Crippen LogP contribution in [0.15, 0.2) is 24.3 Å². The Labute approximate surface area is 113 Å². The van der Waals surface area contributed by atoms with Crippen LogP contribution in [0.25, 0.3) is 0 Å². The van der Waals surface area contributed by atoms with E-state index in [9.17, 15) is 9.59 Å². The summed E-state index contributed by atoms with van der Waals surface area (Å²) < 4.78 is 0. The Bertz CT molecular complexity index is 478. The lowest BCUT2D eigenvalue weighted by atomic mass is 9.86. The Balaban J connectivity index is 2.83. The summed E-state index contributed by atoms with van der Waals surface area (Å²) in [6.07, 6.45) is 0. The van der Waals surface area contributed by atoms with Crippen molar-refractivity contribution in [1.29, 1.82) is 0 Å². The van der Waals surface area contributed by atoms with E-state index in [4.69, 9.17) is 5.11 Å². The van der Waals surface area contributed by atoms with Gasteiger partial charge in [-0.25, -0.2) is 4.79 Å². The maximum absolute atomic E-state index is 11.7. The molecule has 0 saturated carbocycles. The molecule has 0 bridgehead atoms. The number of carboxylic acid groups (broad SMARTS) is 1. The highest BCUT2D eigenvalue weighted by molar-refractivity contribution is 5.92. The number of anilines is 1. The SMILES string of the molecule is C[C@H](NC(=O)Nc1ccccc1C(C)(C)C)C(=O)O. The third kappa shape index (κ3) is 4.28. The number of benzene rings is 1. The second-order valence-corrected chi connectivity index (χ2v) is 5.45. The van der Waals surface area contributed by atoms with E-state index >= 15 is 0 Å². The smallest absolute Gasteiger partial charge is 0.325 e. The van der Waals surface area contributed by atoms with Gasteiger partial charge in [-0.1, -0.05) is 39.0 Å². The molecule has 1 aromatic rings. The first-order valence-corrected chi connectivity index (χ1v) is 6.11. The zero-order valence-corrected chi connectivity index (χ0v) is 11.7. The van der Waals surface area contributed by atoms with Gasteiger partial charge in [-0.05, 0) is 24.0 Å². The first-order chi connectivity index (χ1) is 8.71. The molecule has 0 unspecified atom stereocenters. The number of para-hydroxylation sites is 1. The van der Waals surface area contributed by atoms with Gasteiger partial charge in [0.05, 0.1) is 0 Å². The van der Waals surface area contributed by atoms with Crippen LogP contribution in [-0.4, -0.2) is 23.1 Å². The summed E-state index contributed by atoms with van der Waals surface area (Å²) in [7, 11) is 0. The van der Waals surface area contributed by atoms with E-state index in [2.05, 4.69) is 10.6 Å².